The van der Waals surface area contributed by atoms with Crippen molar-refractivity contribution in [1.82, 2.24) is 5.32 Å². The summed E-state index contributed by atoms with van der Waals surface area (Å²) in [6.45, 7) is 0. The van der Waals surface area contributed by atoms with Crippen LogP contribution in [-0.2, 0) is 6.18 Å². The van der Waals surface area contributed by atoms with Crippen LogP contribution >= 0.6 is 0 Å². The van der Waals surface area contributed by atoms with Gasteiger partial charge in [-0.05, 0) is 56.8 Å². The fraction of sp³-hybridized carbons (Fsp3) is 0.500. The van der Waals surface area contributed by atoms with Crippen molar-refractivity contribution in [1.29, 1.82) is 0 Å². The molecule has 1 atom stereocenters. The van der Waals surface area contributed by atoms with Gasteiger partial charge in [-0.2, -0.15) is 13.2 Å². The maximum Gasteiger partial charge on any atom is 0.419 e. The maximum atomic E-state index is 13.7. The molecule has 0 bridgehead atoms. The van der Waals surface area contributed by atoms with E-state index in [-0.39, 0.29) is 6.04 Å². The van der Waals surface area contributed by atoms with Crippen LogP contribution < -0.4 is 5.32 Å². The molecule has 1 N–H and O–H groups in total. The number of hydrogen-bond donors (Lipinski definition) is 1. The van der Waals surface area contributed by atoms with E-state index in [0.717, 1.165) is 31.4 Å². The van der Waals surface area contributed by atoms with Crippen molar-refractivity contribution in [2.45, 2.75) is 44.3 Å². The normalized spacial score (nSPS) is 17.5. The lowest BCUT2D eigenvalue weighted by Crippen LogP contribution is -2.18. The van der Waals surface area contributed by atoms with Gasteiger partial charge in [-0.3, -0.25) is 0 Å². The lowest BCUT2D eigenvalue weighted by Gasteiger charge is -2.21. The highest BCUT2D eigenvalue weighted by Gasteiger charge is 2.34. The van der Waals surface area contributed by atoms with E-state index in [2.05, 4.69) is 11.4 Å². The van der Waals surface area contributed by atoms with Gasteiger partial charge in [0.05, 0.1) is 5.56 Å². The highest BCUT2D eigenvalue weighted by atomic mass is 19.4. The SMILES string of the molecule is CNC(CC1=CCCCC1)c1ccc(C(F)(F)F)c(F)c1. The van der Waals surface area contributed by atoms with Crippen LogP contribution in [0.5, 0.6) is 0 Å². The molecule has 0 aliphatic heterocycles. The number of nitrogens with one attached hydrogen (secondary N) is 1. The molecule has 2 rings (SSSR count). The number of halogens is 4. The van der Waals surface area contributed by atoms with Crippen LogP contribution in [0.15, 0.2) is 29.8 Å². The molecule has 0 fully saturated rings. The fourth-order valence-corrected chi connectivity index (χ4v) is 2.72. The summed E-state index contributed by atoms with van der Waals surface area (Å²) in [7, 11) is 1.74. The van der Waals surface area contributed by atoms with Crippen molar-refractivity contribution in [3.05, 3.63) is 46.8 Å². The Morgan fingerprint density at radius 1 is 1.24 bits per heavy atom. The summed E-state index contributed by atoms with van der Waals surface area (Å²) in [5.41, 5.74) is 0.633. The standard InChI is InChI=1S/C16H19F4N/c1-21-15(9-11-5-3-2-4-6-11)12-7-8-13(14(17)10-12)16(18,19)20/h5,7-8,10,15,21H,2-4,6,9H2,1H3. The second-order valence-corrected chi connectivity index (χ2v) is 5.39. The molecule has 1 aromatic rings. The molecular formula is C16H19F4N. The molecule has 0 amide bonds. The number of hydrogen-bond acceptors (Lipinski definition) is 1. The molecule has 0 spiro atoms. The van der Waals surface area contributed by atoms with Crippen LogP contribution in [0.3, 0.4) is 0 Å². The quantitative estimate of drug-likeness (QED) is 0.610. The van der Waals surface area contributed by atoms with E-state index in [4.69, 9.17) is 0 Å². The minimum atomic E-state index is -4.65. The Hall–Kier alpha value is -1.36. The molecule has 21 heavy (non-hydrogen) atoms. The highest BCUT2D eigenvalue weighted by Crippen LogP contribution is 2.34. The van der Waals surface area contributed by atoms with Crippen molar-refractivity contribution in [3.63, 3.8) is 0 Å². The zero-order valence-electron chi connectivity index (χ0n) is 11.9. The third-order valence-corrected chi connectivity index (χ3v) is 3.90. The summed E-state index contributed by atoms with van der Waals surface area (Å²) >= 11 is 0. The Morgan fingerprint density at radius 2 is 2.00 bits per heavy atom. The second kappa shape index (κ2) is 6.60. The van der Waals surface area contributed by atoms with Crippen molar-refractivity contribution < 1.29 is 17.6 Å². The van der Waals surface area contributed by atoms with Crippen LogP contribution in [0.25, 0.3) is 0 Å². The summed E-state index contributed by atoms with van der Waals surface area (Å²) in [6.07, 6.45) is 2.64. The molecule has 1 aliphatic carbocycles. The topological polar surface area (TPSA) is 12.0 Å². The minimum absolute atomic E-state index is 0.161. The molecule has 0 aromatic heterocycles. The Bertz CT molecular complexity index is 519. The Kier molecular flexibility index (Phi) is 5.04. The van der Waals surface area contributed by atoms with Gasteiger partial charge in [0.1, 0.15) is 5.82 Å². The molecule has 0 radical (unpaired) electrons. The third-order valence-electron chi connectivity index (χ3n) is 3.90. The zero-order valence-corrected chi connectivity index (χ0v) is 11.9. The fourth-order valence-electron chi connectivity index (χ4n) is 2.72. The van der Waals surface area contributed by atoms with Crippen molar-refractivity contribution in [2.75, 3.05) is 7.05 Å². The molecule has 1 aromatic carbocycles. The van der Waals surface area contributed by atoms with Crippen LogP contribution in [-0.4, -0.2) is 7.05 Å². The number of rotatable bonds is 4. The van der Waals surface area contributed by atoms with Crippen LogP contribution in [0.1, 0.15) is 49.3 Å². The van der Waals surface area contributed by atoms with Crippen LogP contribution in [0.4, 0.5) is 17.6 Å². The predicted octanol–water partition coefficient (Wildman–Crippen LogP) is 5.00. The first-order valence-electron chi connectivity index (χ1n) is 7.13. The zero-order chi connectivity index (χ0) is 15.5. The molecule has 116 valence electrons. The first kappa shape index (κ1) is 16.0. The average molecular weight is 301 g/mol. The van der Waals surface area contributed by atoms with Gasteiger partial charge in [0.15, 0.2) is 0 Å². The van der Waals surface area contributed by atoms with Crippen LogP contribution in [0, 0.1) is 5.82 Å². The van der Waals surface area contributed by atoms with Gasteiger partial charge in [-0.25, -0.2) is 4.39 Å². The number of allylic oxidation sites excluding steroid dienone is 1. The first-order chi connectivity index (χ1) is 9.91. The molecule has 1 unspecified atom stereocenters. The van der Waals surface area contributed by atoms with Gasteiger partial charge in [-0.1, -0.05) is 17.7 Å². The minimum Gasteiger partial charge on any atom is -0.313 e. The molecule has 1 nitrogen and oxygen atoms in total. The van der Waals surface area contributed by atoms with Gasteiger partial charge in [0.2, 0.25) is 0 Å². The van der Waals surface area contributed by atoms with E-state index in [9.17, 15) is 17.6 Å². The molecule has 5 heteroatoms. The van der Waals surface area contributed by atoms with Gasteiger partial charge < -0.3 is 5.32 Å². The summed E-state index contributed by atoms with van der Waals surface area (Å²) in [5, 5.41) is 3.06. The molecular weight excluding hydrogens is 282 g/mol. The molecule has 1 aliphatic rings. The van der Waals surface area contributed by atoms with E-state index < -0.39 is 17.6 Å². The maximum absolute atomic E-state index is 13.7. The average Bonchev–Trinajstić information content (AvgIpc) is 2.44. The van der Waals surface area contributed by atoms with E-state index in [1.165, 1.54) is 18.1 Å². The summed E-state index contributed by atoms with van der Waals surface area (Å²) in [5.74, 6) is -1.21. The summed E-state index contributed by atoms with van der Waals surface area (Å²) in [6, 6.07) is 3.01. The van der Waals surface area contributed by atoms with Crippen molar-refractivity contribution >= 4 is 0 Å². The lowest BCUT2D eigenvalue weighted by atomic mass is 9.91. The van der Waals surface area contributed by atoms with Crippen molar-refractivity contribution in [3.8, 4) is 0 Å². The Morgan fingerprint density at radius 3 is 2.52 bits per heavy atom. The Labute approximate surface area is 122 Å². The summed E-state index contributed by atoms with van der Waals surface area (Å²) < 4.78 is 51.4. The van der Waals surface area contributed by atoms with Crippen molar-refractivity contribution in [2.24, 2.45) is 0 Å². The monoisotopic (exact) mass is 301 g/mol. The Balaban J connectivity index is 2.18. The highest BCUT2D eigenvalue weighted by molar-refractivity contribution is 5.29. The van der Waals surface area contributed by atoms with E-state index >= 15 is 0 Å². The van der Waals surface area contributed by atoms with E-state index in [0.29, 0.717) is 12.0 Å². The smallest absolute Gasteiger partial charge is 0.313 e. The van der Waals surface area contributed by atoms with E-state index in [1.54, 1.807) is 7.05 Å². The largest absolute Gasteiger partial charge is 0.419 e. The number of benzene rings is 1. The lowest BCUT2D eigenvalue weighted by molar-refractivity contribution is -0.140. The van der Waals surface area contributed by atoms with Gasteiger partial charge in [0.25, 0.3) is 0 Å². The first-order valence-corrected chi connectivity index (χ1v) is 7.13. The number of alkyl halides is 3. The predicted molar refractivity (Wildman–Crippen MR) is 74.4 cm³/mol. The second-order valence-electron chi connectivity index (χ2n) is 5.39. The van der Waals surface area contributed by atoms with E-state index in [1.807, 2.05) is 0 Å². The molecule has 0 saturated carbocycles. The van der Waals surface area contributed by atoms with Crippen LogP contribution in [0.2, 0.25) is 0 Å². The third kappa shape index (κ3) is 4.06. The summed E-state index contributed by atoms with van der Waals surface area (Å²) in [4.78, 5) is 0. The van der Waals surface area contributed by atoms with Gasteiger partial charge in [0, 0.05) is 6.04 Å². The molecule has 0 heterocycles. The van der Waals surface area contributed by atoms with Gasteiger partial charge >= 0.3 is 6.18 Å². The molecule has 0 saturated heterocycles. The van der Waals surface area contributed by atoms with Gasteiger partial charge in [-0.15, -0.1) is 0 Å².